The lowest BCUT2D eigenvalue weighted by molar-refractivity contribution is 0.0156. The van der Waals surface area contributed by atoms with Gasteiger partial charge in [0.2, 0.25) is 10.0 Å². The van der Waals surface area contributed by atoms with Crippen molar-refractivity contribution in [1.82, 2.24) is 23.9 Å². The summed E-state index contributed by atoms with van der Waals surface area (Å²) >= 11 is 0. The Bertz CT molecular complexity index is 1210. The zero-order valence-corrected chi connectivity index (χ0v) is 24.4. The minimum absolute atomic E-state index is 0.0730. The molecular formula is C25H40FN7O5S. The number of sulfonamides is 1. The normalized spacial score (nSPS) is 21.1. The second-order valence-corrected chi connectivity index (χ2v) is 11.5. The Kier molecular flexibility index (Phi) is 10.6. The predicted molar refractivity (Wildman–Crippen MR) is 148 cm³/mol. The van der Waals surface area contributed by atoms with Crippen molar-refractivity contribution in [2.24, 2.45) is 9.98 Å². The molecule has 2 aliphatic heterocycles. The standard InChI is InChI=1S/C25H40FN7O5S/c1-18(24(27-3)31-10-12-38-13-11-31)29-25(30(4)23(37-6)14-22(26)19(2)36-5)20-15-28-33(16-20)21-8-9-32(17-21)39(7,34)35/h15-16,21,23H,1,8-14,17H2,2-7H3/b22-19-,27-24+,29-25-. The van der Waals surface area contributed by atoms with Crippen LogP contribution >= 0.6 is 0 Å². The fraction of sp³-hybridized carbons (Fsp3) is 0.640. The number of aliphatic imine (C=N–C) groups is 2. The smallest absolute Gasteiger partial charge is 0.211 e. The van der Waals surface area contributed by atoms with Gasteiger partial charge in [-0.3, -0.25) is 9.67 Å². The van der Waals surface area contributed by atoms with Crippen molar-refractivity contribution in [1.29, 1.82) is 0 Å². The molecule has 3 heterocycles. The van der Waals surface area contributed by atoms with E-state index >= 15 is 0 Å². The Hall–Kier alpha value is -2.81. The van der Waals surface area contributed by atoms with Crippen molar-refractivity contribution in [3.8, 4) is 0 Å². The Labute approximate surface area is 230 Å². The molecule has 2 aliphatic rings. The highest BCUT2D eigenvalue weighted by Gasteiger charge is 2.31. The van der Waals surface area contributed by atoms with Gasteiger partial charge in [-0.1, -0.05) is 6.58 Å². The quantitative estimate of drug-likeness (QED) is 0.182. The number of ether oxygens (including phenoxy) is 3. The monoisotopic (exact) mass is 569 g/mol. The molecule has 14 heteroatoms. The van der Waals surface area contributed by atoms with Crippen LogP contribution in [0.2, 0.25) is 0 Å². The van der Waals surface area contributed by atoms with Crippen LogP contribution in [-0.2, 0) is 24.2 Å². The van der Waals surface area contributed by atoms with Crippen molar-refractivity contribution >= 4 is 21.7 Å². The number of halogens is 1. The molecule has 0 saturated carbocycles. The SMILES string of the molecule is C=C(/N=C(/c1cnn(C2CCN(S(C)(=O)=O)C2)c1)N(C)C(C/C(F)=C(\C)OC)OC)/C(=N\C)N1CCOCC1. The second kappa shape index (κ2) is 13.5. The first-order chi connectivity index (χ1) is 18.5. The average molecular weight is 570 g/mol. The van der Waals surface area contributed by atoms with Gasteiger partial charge in [-0.25, -0.2) is 17.8 Å². The number of nitrogens with zero attached hydrogens (tertiary/aromatic N) is 7. The number of morpholine rings is 1. The van der Waals surface area contributed by atoms with E-state index in [-0.39, 0.29) is 18.2 Å². The highest BCUT2D eigenvalue weighted by atomic mass is 32.2. The number of amidine groups is 2. The number of aromatic nitrogens is 2. The Balaban J connectivity index is 1.96. The van der Waals surface area contributed by atoms with Crippen molar-refractivity contribution in [2.45, 2.75) is 32.0 Å². The average Bonchev–Trinajstić information content (AvgIpc) is 3.60. The van der Waals surface area contributed by atoms with E-state index in [1.165, 1.54) is 24.8 Å². The molecule has 2 fully saturated rings. The molecule has 39 heavy (non-hydrogen) atoms. The Morgan fingerprint density at radius 1 is 1.33 bits per heavy atom. The maximum atomic E-state index is 14.8. The molecule has 2 saturated heterocycles. The molecule has 2 unspecified atom stereocenters. The summed E-state index contributed by atoms with van der Waals surface area (Å²) in [5.74, 6) is 0.811. The third-order valence-corrected chi connectivity index (χ3v) is 8.20. The first-order valence-corrected chi connectivity index (χ1v) is 14.6. The molecule has 2 atom stereocenters. The molecule has 0 radical (unpaired) electrons. The van der Waals surface area contributed by atoms with Gasteiger partial charge in [-0.15, -0.1) is 0 Å². The van der Waals surface area contributed by atoms with Gasteiger partial charge in [-0.05, 0) is 13.3 Å². The van der Waals surface area contributed by atoms with E-state index in [4.69, 9.17) is 19.2 Å². The maximum absolute atomic E-state index is 14.8. The molecule has 218 valence electrons. The summed E-state index contributed by atoms with van der Waals surface area (Å²) in [5, 5.41) is 4.52. The zero-order chi connectivity index (χ0) is 28.7. The minimum atomic E-state index is -3.29. The van der Waals surface area contributed by atoms with Crippen LogP contribution in [0.5, 0.6) is 0 Å². The van der Waals surface area contributed by atoms with E-state index in [2.05, 4.69) is 21.6 Å². The molecule has 1 aromatic heterocycles. The summed E-state index contributed by atoms with van der Waals surface area (Å²) in [5.41, 5.74) is 1.07. The number of hydrogen-bond donors (Lipinski definition) is 0. The van der Waals surface area contributed by atoms with Crippen molar-refractivity contribution < 1.29 is 27.0 Å². The minimum Gasteiger partial charge on any atom is -0.499 e. The fourth-order valence-corrected chi connectivity index (χ4v) is 5.44. The van der Waals surface area contributed by atoms with E-state index in [1.807, 2.05) is 6.20 Å². The summed E-state index contributed by atoms with van der Waals surface area (Å²) in [4.78, 5) is 13.1. The number of methoxy groups -OCH3 is 2. The van der Waals surface area contributed by atoms with E-state index in [0.29, 0.717) is 68.7 Å². The van der Waals surface area contributed by atoms with Gasteiger partial charge in [0.15, 0.2) is 0 Å². The lowest BCUT2D eigenvalue weighted by Gasteiger charge is -2.31. The summed E-state index contributed by atoms with van der Waals surface area (Å²) in [6.07, 6.45) is 4.53. The van der Waals surface area contributed by atoms with Gasteiger partial charge in [-0.2, -0.15) is 9.40 Å². The van der Waals surface area contributed by atoms with Crippen molar-refractivity contribution in [3.63, 3.8) is 0 Å². The van der Waals surface area contributed by atoms with Gasteiger partial charge >= 0.3 is 0 Å². The molecule has 0 N–H and O–H groups in total. The first-order valence-electron chi connectivity index (χ1n) is 12.7. The molecule has 0 bridgehead atoms. The fourth-order valence-electron chi connectivity index (χ4n) is 4.56. The summed E-state index contributed by atoms with van der Waals surface area (Å²) < 4.78 is 58.1. The first kappa shape index (κ1) is 30.7. The molecule has 12 nitrogen and oxygen atoms in total. The molecule has 3 rings (SSSR count). The number of rotatable bonds is 10. The highest BCUT2D eigenvalue weighted by Crippen LogP contribution is 2.25. The Morgan fingerprint density at radius 2 is 2.03 bits per heavy atom. The largest absolute Gasteiger partial charge is 0.499 e. The van der Waals surface area contributed by atoms with Crippen LogP contribution < -0.4 is 0 Å². The third kappa shape index (κ3) is 7.65. The molecular weight excluding hydrogens is 529 g/mol. The van der Waals surface area contributed by atoms with Crippen LogP contribution in [-0.4, -0.2) is 124 Å². The van der Waals surface area contributed by atoms with Gasteiger partial charge in [0.25, 0.3) is 0 Å². The number of allylic oxidation sites excluding steroid dienone is 1. The van der Waals surface area contributed by atoms with Gasteiger partial charge in [0.05, 0.1) is 44.4 Å². The molecule has 0 amide bonds. The van der Waals surface area contributed by atoms with E-state index in [1.54, 1.807) is 36.8 Å². The number of hydrogen-bond acceptors (Lipinski definition) is 8. The predicted octanol–water partition coefficient (Wildman–Crippen LogP) is 1.85. The van der Waals surface area contributed by atoms with Crippen LogP contribution in [0.3, 0.4) is 0 Å². The third-order valence-electron chi connectivity index (χ3n) is 6.93. The second-order valence-electron chi connectivity index (χ2n) is 9.47. The molecule has 1 aromatic rings. The summed E-state index contributed by atoms with van der Waals surface area (Å²) in [6.45, 7) is 9.00. The lowest BCUT2D eigenvalue weighted by Crippen LogP contribution is -2.42. The maximum Gasteiger partial charge on any atom is 0.211 e. The Morgan fingerprint density at radius 3 is 2.59 bits per heavy atom. The van der Waals surface area contributed by atoms with Gasteiger partial charge in [0.1, 0.15) is 35.2 Å². The van der Waals surface area contributed by atoms with E-state index in [0.717, 1.165) is 0 Å². The summed E-state index contributed by atoms with van der Waals surface area (Å²) in [7, 11) is 3.07. The van der Waals surface area contributed by atoms with Crippen LogP contribution in [0.15, 0.2) is 46.2 Å². The van der Waals surface area contributed by atoms with E-state index in [9.17, 15) is 12.8 Å². The zero-order valence-electron chi connectivity index (χ0n) is 23.6. The van der Waals surface area contributed by atoms with Crippen LogP contribution in [0, 0.1) is 0 Å². The summed E-state index contributed by atoms with van der Waals surface area (Å²) in [6, 6.07) is -0.118. The van der Waals surface area contributed by atoms with E-state index < -0.39 is 22.1 Å². The van der Waals surface area contributed by atoms with Gasteiger partial charge < -0.3 is 24.0 Å². The van der Waals surface area contributed by atoms with Crippen LogP contribution in [0.1, 0.15) is 31.4 Å². The molecule has 0 aliphatic carbocycles. The lowest BCUT2D eigenvalue weighted by atomic mass is 10.2. The van der Waals surface area contributed by atoms with Gasteiger partial charge in [0, 0.05) is 60.0 Å². The van der Waals surface area contributed by atoms with Crippen molar-refractivity contribution in [3.05, 3.63) is 41.8 Å². The topological polar surface area (TPSA) is 114 Å². The van der Waals surface area contributed by atoms with Crippen LogP contribution in [0.25, 0.3) is 0 Å². The van der Waals surface area contributed by atoms with Crippen LogP contribution in [0.4, 0.5) is 4.39 Å². The molecule has 0 spiro atoms. The van der Waals surface area contributed by atoms with Crippen molar-refractivity contribution in [2.75, 3.05) is 74.0 Å². The molecule has 0 aromatic carbocycles. The highest BCUT2D eigenvalue weighted by molar-refractivity contribution is 7.88.